The van der Waals surface area contributed by atoms with Crippen molar-refractivity contribution >= 4 is 52.3 Å². The lowest BCUT2D eigenvalue weighted by atomic mass is 9.76. The molecule has 5 aliphatic heterocycles. The zero-order chi connectivity index (χ0) is 39.7. The molecule has 4 amide bonds. The van der Waals surface area contributed by atoms with E-state index in [1.807, 2.05) is 41.3 Å². The number of nitrogens with zero attached hydrogens (tertiary/aromatic N) is 7. The molecule has 2 aromatic carbocycles. The molecule has 1 aromatic heterocycles. The smallest absolute Gasteiger partial charge is 0.270 e. The first kappa shape index (κ1) is 38.7. The Morgan fingerprint density at radius 3 is 2.21 bits per heavy atom. The van der Waals surface area contributed by atoms with E-state index in [9.17, 15) is 24.4 Å². The van der Waals surface area contributed by atoms with Gasteiger partial charge in [0, 0.05) is 94.3 Å². The predicted molar refractivity (Wildman–Crippen MR) is 219 cm³/mol. The molecule has 0 aliphatic carbocycles. The molecule has 1 spiro atoms. The Labute approximate surface area is 338 Å². The number of anilines is 3. The van der Waals surface area contributed by atoms with E-state index >= 15 is 0 Å². The highest BCUT2D eigenvalue weighted by atomic mass is 35.5. The number of piperazine rings is 1. The van der Waals surface area contributed by atoms with Gasteiger partial charge in [-0.2, -0.15) is 5.26 Å². The minimum absolute atomic E-state index is 0.104. The second-order valence-electron chi connectivity index (χ2n) is 16.4. The molecule has 2 atom stereocenters. The van der Waals surface area contributed by atoms with Gasteiger partial charge >= 0.3 is 0 Å². The molecule has 0 radical (unpaired) electrons. The fraction of sp³-hybridized carbons (Fsp3) is 0.488. The molecule has 298 valence electrons. The number of carbonyl (C=O) groups is 4. The molecule has 0 saturated carbocycles. The third-order valence-electron chi connectivity index (χ3n) is 12.9. The number of rotatable bonds is 7. The first-order chi connectivity index (χ1) is 27.6. The van der Waals surface area contributed by atoms with Crippen LogP contribution in [0.4, 0.5) is 17.1 Å². The fourth-order valence-electron chi connectivity index (χ4n) is 9.59. The van der Waals surface area contributed by atoms with Crippen molar-refractivity contribution < 1.29 is 19.2 Å². The van der Waals surface area contributed by atoms with Crippen LogP contribution in [0, 0.1) is 16.7 Å². The van der Waals surface area contributed by atoms with Gasteiger partial charge in [-0.1, -0.05) is 11.6 Å². The Balaban J connectivity index is 0.767. The summed E-state index contributed by atoms with van der Waals surface area (Å²) in [5.41, 5.74) is 4.96. The number of hydrogen-bond donors (Lipinski definition) is 2. The summed E-state index contributed by atoms with van der Waals surface area (Å²) in [7, 11) is 0. The van der Waals surface area contributed by atoms with E-state index in [0.29, 0.717) is 22.7 Å². The van der Waals surface area contributed by atoms with E-state index < -0.39 is 17.9 Å². The van der Waals surface area contributed by atoms with Crippen molar-refractivity contribution in [2.45, 2.75) is 70.0 Å². The lowest BCUT2D eigenvalue weighted by Crippen LogP contribution is -2.53. The fourth-order valence-corrected chi connectivity index (χ4v) is 9.80. The molecule has 3 aromatic rings. The topological polar surface area (TPSA) is 145 Å². The second kappa shape index (κ2) is 16.3. The number of carbonyl (C=O) groups excluding carboxylic acids is 4. The number of likely N-dealkylation sites (tertiary alicyclic amines) is 1. The molecule has 2 unspecified atom stereocenters. The zero-order valence-electron chi connectivity index (χ0n) is 32.5. The summed E-state index contributed by atoms with van der Waals surface area (Å²) in [6.07, 6.45) is 7.46. The second-order valence-corrected chi connectivity index (χ2v) is 16.8. The van der Waals surface area contributed by atoms with Gasteiger partial charge in [-0.05, 0) is 105 Å². The molecule has 14 heteroatoms. The van der Waals surface area contributed by atoms with Gasteiger partial charge in [0.2, 0.25) is 11.8 Å². The number of piperidine rings is 3. The summed E-state index contributed by atoms with van der Waals surface area (Å²) in [5, 5.41) is 14.7. The van der Waals surface area contributed by atoms with Crippen LogP contribution in [0.5, 0.6) is 0 Å². The van der Waals surface area contributed by atoms with Crippen molar-refractivity contribution in [3.8, 4) is 6.07 Å². The van der Waals surface area contributed by atoms with Crippen LogP contribution in [0.15, 0.2) is 60.8 Å². The van der Waals surface area contributed by atoms with Gasteiger partial charge < -0.3 is 24.9 Å². The predicted octanol–water partition coefficient (Wildman–Crippen LogP) is 4.45. The highest BCUT2D eigenvalue weighted by Crippen LogP contribution is 2.46. The highest BCUT2D eigenvalue weighted by Gasteiger charge is 2.44. The average Bonchev–Trinajstić information content (AvgIpc) is 3.56. The molecule has 13 nitrogen and oxygen atoms in total. The lowest BCUT2D eigenvalue weighted by Gasteiger charge is -2.43. The maximum absolute atomic E-state index is 13.6. The van der Waals surface area contributed by atoms with E-state index in [1.54, 1.807) is 12.3 Å². The van der Waals surface area contributed by atoms with Crippen LogP contribution >= 0.6 is 11.6 Å². The highest BCUT2D eigenvalue weighted by molar-refractivity contribution is 6.32. The lowest BCUT2D eigenvalue weighted by molar-refractivity contribution is -0.134. The zero-order valence-corrected chi connectivity index (χ0v) is 33.2. The van der Waals surface area contributed by atoms with Crippen LogP contribution in [0.2, 0.25) is 5.02 Å². The van der Waals surface area contributed by atoms with Crippen molar-refractivity contribution in [2.24, 2.45) is 5.41 Å². The summed E-state index contributed by atoms with van der Waals surface area (Å²) in [6.45, 7) is 10.3. The molecule has 8 rings (SSSR count). The normalized spacial score (nSPS) is 23.0. The SMILES string of the molecule is CC1CC2(CCN(c3ccc(C(=O)N4CCC(N5CCN(c6ccc(C(=O)NC7CCC(=O)NC7=O)nc6)CC5)CC4)cc3)CC2)CN1c1ccc(C#N)c(Cl)c1. The van der Waals surface area contributed by atoms with Crippen LogP contribution in [-0.2, 0) is 9.59 Å². The van der Waals surface area contributed by atoms with Crippen LogP contribution < -0.4 is 25.3 Å². The maximum Gasteiger partial charge on any atom is 0.270 e. The number of hydrogen-bond acceptors (Lipinski definition) is 10. The van der Waals surface area contributed by atoms with Crippen molar-refractivity contribution in [2.75, 3.05) is 73.6 Å². The van der Waals surface area contributed by atoms with E-state index in [2.05, 4.69) is 60.3 Å². The van der Waals surface area contributed by atoms with Gasteiger partial charge in [0.25, 0.3) is 11.8 Å². The third-order valence-corrected chi connectivity index (χ3v) is 13.3. The van der Waals surface area contributed by atoms with E-state index in [-0.39, 0.29) is 35.8 Å². The van der Waals surface area contributed by atoms with E-state index in [1.165, 1.54) is 5.69 Å². The molecule has 6 heterocycles. The average molecular weight is 792 g/mol. The minimum Gasteiger partial charge on any atom is -0.371 e. The van der Waals surface area contributed by atoms with Crippen molar-refractivity contribution in [3.05, 3.63) is 82.6 Å². The third kappa shape index (κ3) is 8.29. The van der Waals surface area contributed by atoms with E-state index in [4.69, 9.17) is 11.6 Å². The van der Waals surface area contributed by atoms with Crippen LogP contribution in [-0.4, -0.2) is 115 Å². The molecule has 0 bridgehead atoms. The van der Waals surface area contributed by atoms with Crippen molar-refractivity contribution in [3.63, 3.8) is 0 Å². The number of imide groups is 1. The summed E-state index contributed by atoms with van der Waals surface area (Å²) in [5.74, 6) is -1.14. The number of aromatic nitrogens is 1. The first-order valence-electron chi connectivity index (χ1n) is 20.3. The summed E-state index contributed by atoms with van der Waals surface area (Å²) in [6, 6.07) is 19.8. The molecule has 57 heavy (non-hydrogen) atoms. The van der Waals surface area contributed by atoms with Crippen molar-refractivity contribution in [1.82, 2.24) is 25.4 Å². The number of nitrogens with one attached hydrogen (secondary N) is 2. The molecular formula is C43H50ClN9O4. The standard InChI is InChI=1S/C43H50ClN9O4/c1-29-25-43(28-53(29)34-7-4-31(26-45)36(44)24-34)14-18-49(19-15-43)32-5-2-30(3-6-32)42(57)52-16-12-33(13-17-52)50-20-22-51(23-21-50)35-8-9-37(46-27-35)40(55)47-38-10-11-39(54)48-41(38)56/h2-9,24,27,29,33,38H,10-23,25,28H2,1H3,(H,47,55)(H,48,54,56). The first-order valence-corrected chi connectivity index (χ1v) is 20.7. The van der Waals surface area contributed by atoms with E-state index in [0.717, 1.165) is 108 Å². The molecule has 5 saturated heterocycles. The number of nitriles is 1. The maximum atomic E-state index is 13.6. The van der Waals surface area contributed by atoms with Crippen molar-refractivity contribution in [1.29, 1.82) is 5.26 Å². The van der Waals surface area contributed by atoms with Crippen LogP contribution in [0.3, 0.4) is 0 Å². The van der Waals surface area contributed by atoms with Gasteiger partial charge in [-0.25, -0.2) is 4.98 Å². The Morgan fingerprint density at radius 1 is 0.877 bits per heavy atom. The quantitative estimate of drug-likeness (QED) is 0.330. The summed E-state index contributed by atoms with van der Waals surface area (Å²) >= 11 is 6.38. The monoisotopic (exact) mass is 791 g/mol. The molecule has 2 N–H and O–H groups in total. The van der Waals surface area contributed by atoms with Gasteiger partial charge in [-0.15, -0.1) is 0 Å². The Morgan fingerprint density at radius 2 is 1.56 bits per heavy atom. The Hall–Kier alpha value is -5.19. The van der Waals surface area contributed by atoms with Gasteiger partial charge in [0.05, 0.1) is 22.5 Å². The van der Waals surface area contributed by atoms with Gasteiger partial charge in [-0.3, -0.25) is 29.4 Å². The number of pyridine rings is 1. The largest absolute Gasteiger partial charge is 0.371 e. The minimum atomic E-state index is -0.736. The number of benzene rings is 2. The van der Waals surface area contributed by atoms with Crippen LogP contribution in [0.25, 0.3) is 0 Å². The van der Waals surface area contributed by atoms with Gasteiger partial charge in [0.15, 0.2) is 0 Å². The molecule has 5 aliphatic rings. The van der Waals surface area contributed by atoms with Gasteiger partial charge in [0.1, 0.15) is 17.8 Å². The Kier molecular flexibility index (Phi) is 11.1. The Bertz CT molecular complexity index is 2030. The summed E-state index contributed by atoms with van der Waals surface area (Å²) in [4.78, 5) is 65.7. The molecular weight excluding hydrogens is 742 g/mol. The summed E-state index contributed by atoms with van der Waals surface area (Å²) < 4.78 is 0. The molecule has 5 fully saturated rings. The number of amides is 4. The number of halogens is 1. The van der Waals surface area contributed by atoms with Crippen LogP contribution in [0.1, 0.15) is 78.3 Å².